The smallest absolute Gasteiger partial charge is 0.345 e. The first-order valence-electron chi connectivity index (χ1n) is 30.4. The van der Waals surface area contributed by atoms with Gasteiger partial charge in [-0.25, -0.2) is 33.9 Å². The van der Waals surface area contributed by atoms with Crippen molar-refractivity contribution in [1.82, 2.24) is 35.5 Å². The minimum atomic E-state index is -1.44. The minimum absolute atomic E-state index is 0.0303. The number of carbonyl (C=O) groups is 4. The van der Waals surface area contributed by atoms with Gasteiger partial charge in [0.05, 0.1) is 61.6 Å². The Kier molecular flexibility index (Phi) is 23.3. The van der Waals surface area contributed by atoms with E-state index in [0.717, 1.165) is 47.4 Å². The number of nitrogens with one attached hydrogen (secondary N) is 3. The predicted octanol–water partition coefficient (Wildman–Crippen LogP) is 9.59. The lowest BCUT2D eigenvalue weighted by molar-refractivity contribution is -0.926. The number of thiophene rings is 1. The molecule has 486 valence electrons. The molecule has 5 aromatic carbocycles. The number of piperazine rings is 1. The third-order valence-electron chi connectivity index (χ3n) is 16.2. The van der Waals surface area contributed by atoms with E-state index in [9.17, 15) is 28.7 Å². The quantitative estimate of drug-likeness (QED) is 0.0139. The Morgan fingerprint density at radius 3 is 2.37 bits per heavy atom. The van der Waals surface area contributed by atoms with Crippen LogP contribution in [0.5, 0.6) is 23.1 Å². The maximum Gasteiger partial charge on any atom is 0.345 e. The number of carbonyl (C=O) groups excluding carboxylic acids is 3. The first-order valence-corrected chi connectivity index (χ1v) is 31.6. The molecule has 1 aliphatic heterocycles. The lowest BCUT2D eigenvalue weighted by Gasteiger charge is -2.42. The SMILES string of the molecule is C#CCOCc1cc(NC(=O)[C@H](CCCNC(N)=O)NC(=O)[C@@H](N)C(C)C)ccc1C[N+]1(C)CCN(CCOc2ccc(-c3c(-c4ccc(F)cc4)sc4ncnc(O[C@H](Cc5ccccc5OCc5ccnc(-c6ccccc6OC)n5)C(=O)O)c34)c(C)c2Cl)CC1. The van der Waals surface area contributed by atoms with E-state index in [1.54, 1.807) is 55.8 Å². The molecule has 0 saturated carbocycles. The van der Waals surface area contributed by atoms with Gasteiger partial charge in [0, 0.05) is 60.5 Å². The number of para-hydroxylation sites is 2. The number of benzene rings is 5. The Morgan fingerprint density at radius 1 is 0.882 bits per heavy atom. The molecule has 1 fully saturated rings. The number of halogens is 2. The van der Waals surface area contributed by atoms with Gasteiger partial charge in [0.15, 0.2) is 5.82 Å². The summed E-state index contributed by atoms with van der Waals surface area (Å²) in [6, 6.07) is 29.4. The van der Waals surface area contributed by atoms with Crippen molar-refractivity contribution in [2.24, 2.45) is 17.4 Å². The number of hydrogen-bond acceptors (Lipinski definition) is 16. The Hall–Kier alpha value is -9.28. The highest BCUT2D eigenvalue weighted by Crippen LogP contribution is 2.50. The second-order valence-electron chi connectivity index (χ2n) is 23.2. The molecule has 4 heterocycles. The van der Waals surface area contributed by atoms with Gasteiger partial charge >= 0.3 is 12.0 Å². The second-order valence-corrected chi connectivity index (χ2v) is 24.6. The summed E-state index contributed by atoms with van der Waals surface area (Å²) in [6.45, 7) is 11.0. The summed E-state index contributed by atoms with van der Waals surface area (Å²) in [4.78, 5) is 73.2. The van der Waals surface area contributed by atoms with Gasteiger partial charge in [-0.15, -0.1) is 17.8 Å². The van der Waals surface area contributed by atoms with E-state index in [-0.39, 0.29) is 51.0 Å². The number of anilines is 1. The van der Waals surface area contributed by atoms with Crippen LogP contribution in [-0.2, 0) is 45.3 Å². The third-order valence-corrected chi connectivity index (χ3v) is 17.8. The number of terminal acetylenes is 1. The van der Waals surface area contributed by atoms with Crippen LogP contribution in [0, 0.1) is 31.0 Å². The van der Waals surface area contributed by atoms with Gasteiger partial charge in [0.2, 0.25) is 23.8 Å². The molecule has 1 aliphatic rings. The molecule has 8 N–H and O–H groups in total. The number of aromatic nitrogens is 4. The minimum Gasteiger partial charge on any atom is -0.496 e. The van der Waals surface area contributed by atoms with Crippen LogP contribution in [-0.4, -0.2) is 143 Å². The highest BCUT2D eigenvalue weighted by atomic mass is 35.5. The van der Waals surface area contributed by atoms with Crippen molar-refractivity contribution in [2.45, 2.75) is 78.0 Å². The molecular weight excluding hydrogens is 1230 g/mol. The summed E-state index contributed by atoms with van der Waals surface area (Å²) in [7, 11) is 3.80. The number of carboxylic acids is 1. The third kappa shape index (κ3) is 17.7. The number of ether oxygens (including phenoxy) is 5. The molecule has 4 amide bonds. The number of primary amides is 1. The molecule has 0 unspecified atom stereocenters. The molecule has 0 aliphatic carbocycles. The van der Waals surface area contributed by atoms with Crippen molar-refractivity contribution in [3.05, 3.63) is 161 Å². The van der Waals surface area contributed by atoms with E-state index >= 15 is 0 Å². The number of carboxylic acid groups (broad SMARTS) is 1. The molecule has 21 nitrogen and oxygen atoms in total. The normalized spacial score (nSPS) is 13.9. The van der Waals surface area contributed by atoms with Gasteiger partial charge in [0.25, 0.3) is 0 Å². The lowest BCUT2D eigenvalue weighted by Crippen LogP contribution is -2.57. The van der Waals surface area contributed by atoms with Crippen molar-refractivity contribution in [1.29, 1.82) is 0 Å². The van der Waals surface area contributed by atoms with Crippen LogP contribution in [0.3, 0.4) is 0 Å². The Bertz CT molecular complexity index is 3990. The predicted molar refractivity (Wildman–Crippen MR) is 355 cm³/mol. The Balaban J connectivity index is 0.869. The topological polar surface area (TPSA) is 278 Å². The van der Waals surface area contributed by atoms with Gasteiger partial charge in [-0.3, -0.25) is 14.5 Å². The Labute approximate surface area is 548 Å². The first-order chi connectivity index (χ1) is 44.8. The molecule has 0 spiro atoms. The number of hydrogen-bond donors (Lipinski definition) is 6. The van der Waals surface area contributed by atoms with Gasteiger partial charge < -0.3 is 60.7 Å². The number of aliphatic carboxylic acids is 1. The summed E-state index contributed by atoms with van der Waals surface area (Å²) < 4.78 is 45.8. The van der Waals surface area contributed by atoms with E-state index in [2.05, 4.69) is 48.8 Å². The molecule has 0 radical (unpaired) electrons. The number of urea groups is 1. The maximum atomic E-state index is 14.5. The fourth-order valence-corrected chi connectivity index (χ4v) is 12.3. The number of rotatable bonds is 30. The molecule has 3 atom stereocenters. The van der Waals surface area contributed by atoms with Gasteiger partial charge in [-0.2, -0.15) is 0 Å². The van der Waals surface area contributed by atoms with Gasteiger partial charge in [-0.1, -0.05) is 86.0 Å². The number of amides is 4. The molecule has 93 heavy (non-hydrogen) atoms. The zero-order valence-electron chi connectivity index (χ0n) is 52.5. The number of quaternary nitrogens is 1. The maximum absolute atomic E-state index is 14.5. The van der Waals surface area contributed by atoms with Crippen LogP contribution in [0.4, 0.5) is 14.9 Å². The molecule has 1 saturated heterocycles. The number of fused-ring (bicyclic) bond motifs is 1. The van der Waals surface area contributed by atoms with Crippen LogP contribution >= 0.6 is 22.9 Å². The zero-order chi connectivity index (χ0) is 66.2. The number of methoxy groups -OCH3 is 1. The molecule has 8 aromatic rings. The van der Waals surface area contributed by atoms with Gasteiger partial charge in [0.1, 0.15) is 66.6 Å². The highest BCUT2D eigenvalue weighted by Gasteiger charge is 2.32. The van der Waals surface area contributed by atoms with Crippen molar-refractivity contribution in [3.8, 4) is 68.4 Å². The molecular formula is C69H76ClFN11O10S+. The lowest BCUT2D eigenvalue weighted by atomic mass is 9.96. The van der Waals surface area contributed by atoms with Crippen LogP contribution in [0.1, 0.15) is 54.6 Å². The fourth-order valence-electron chi connectivity index (χ4n) is 10.9. The van der Waals surface area contributed by atoms with Crippen LogP contribution < -0.4 is 46.4 Å². The van der Waals surface area contributed by atoms with Crippen LogP contribution in [0.2, 0.25) is 5.02 Å². The zero-order valence-corrected chi connectivity index (χ0v) is 54.0. The fraction of sp³-hybridized carbons (Fsp3) is 0.333. The average Bonchev–Trinajstić information content (AvgIpc) is 1.62. The molecule has 0 bridgehead atoms. The molecule has 9 rings (SSSR count). The summed E-state index contributed by atoms with van der Waals surface area (Å²) in [6.07, 6.45) is 7.58. The summed E-state index contributed by atoms with van der Waals surface area (Å²) >= 11 is 8.58. The first kappa shape index (κ1) is 68.1. The highest BCUT2D eigenvalue weighted by molar-refractivity contribution is 7.22. The largest absolute Gasteiger partial charge is 0.496 e. The summed E-state index contributed by atoms with van der Waals surface area (Å²) in [5.41, 5.74) is 18.3. The van der Waals surface area contributed by atoms with Crippen molar-refractivity contribution >= 4 is 62.7 Å². The average molecular weight is 1310 g/mol. The standard InChI is InChI=1S/C69H75ClFN11O10S/c1-7-34-89-39-47-36-49(79-64(83)53(15-12-27-75-69(73)87)80-65(84)61(72)42(2)3)23-20-46(47)38-82(5)32-29-81(30-33-82)31-35-90-56-25-24-51(43(4)60(56)70)58-59-66(76-41-77-67(59)93-62(58)44-18-21-48(71)22-19-44)92-57(68(85)86)37-45-13-8-10-16-54(45)91-40-50-26-28-74-63(78-50)52-14-9-11-17-55(52)88-6/h1,8-11,13-14,16-26,28,36,41-42,53,57,61H,12,15,27,29-35,37-40,72H2,2-6H3,(H5-,73,75,79,80,83,84,85,86,87)/p+1/t53-,57+,61-/m0/s1. The van der Waals surface area contributed by atoms with Gasteiger partial charge in [-0.05, 0) is 108 Å². The Morgan fingerprint density at radius 2 is 1.63 bits per heavy atom. The molecule has 3 aromatic heterocycles. The number of likely N-dealkylation sites (N-methyl/N-ethyl adjacent to an activating group) is 1. The van der Waals surface area contributed by atoms with Crippen LogP contribution in [0.25, 0.3) is 43.2 Å². The van der Waals surface area contributed by atoms with E-state index in [1.165, 1.54) is 29.8 Å². The van der Waals surface area contributed by atoms with E-state index in [1.807, 2.05) is 75.4 Å². The summed E-state index contributed by atoms with van der Waals surface area (Å²) in [5.74, 6) is 1.85. The van der Waals surface area contributed by atoms with E-state index in [4.69, 9.17) is 58.2 Å². The van der Waals surface area contributed by atoms with Crippen molar-refractivity contribution < 1.29 is 56.8 Å². The monoisotopic (exact) mass is 1300 g/mol. The number of nitrogens with two attached hydrogens (primary N) is 2. The van der Waals surface area contributed by atoms with Crippen molar-refractivity contribution in [3.63, 3.8) is 0 Å². The molecule has 24 heteroatoms. The number of nitrogens with zero attached hydrogens (tertiary/aromatic N) is 6. The van der Waals surface area contributed by atoms with E-state index < -0.39 is 47.8 Å². The van der Waals surface area contributed by atoms with Crippen molar-refractivity contribution in [2.75, 3.05) is 72.0 Å². The second kappa shape index (κ2) is 31.8. The van der Waals surface area contributed by atoms with Crippen LogP contribution in [0.15, 0.2) is 122 Å². The van der Waals surface area contributed by atoms with E-state index in [0.29, 0.717) is 109 Å². The summed E-state index contributed by atoms with van der Waals surface area (Å²) in [5, 5.41) is 19.9.